The molecule has 2 aromatic carbocycles. The van der Waals surface area contributed by atoms with Crippen LogP contribution < -0.4 is 14.9 Å². The molecule has 10 atom stereocenters. The van der Waals surface area contributed by atoms with Crippen LogP contribution in [0.3, 0.4) is 0 Å². The second kappa shape index (κ2) is 12.4. The fourth-order valence-corrected chi connectivity index (χ4v) is 5.10. The Balaban J connectivity index is 1.51. The Labute approximate surface area is 248 Å². The van der Waals surface area contributed by atoms with Crippen LogP contribution in [0.4, 0.5) is 0 Å². The minimum Gasteiger partial charge on any atom is -0.508 e. The van der Waals surface area contributed by atoms with E-state index >= 15 is 0 Å². The average molecular weight is 625 g/mol. The van der Waals surface area contributed by atoms with Gasteiger partial charge in [0.2, 0.25) is 17.5 Å². The van der Waals surface area contributed by atoms with E-state index in [2.05, 4.69) is 0 Å². The first kappa shape index (κ1) is 31.7. The van der Waals surface area contributed by atoms with Gasteiger partial charge in [0.25, 0.3) is 0 Å². The minimum atomic E-state index is -1.97. The number of aliphatic hydroxyl groups is 6. The molecular formula is C28H32O16. The first-order chi connectivity index (χ1) is 20.9. The van der Waals surface area contributed by atoms with Crippen molar-refractivity contribution in [2.75, 3.05) is 13.7 Å². The topological polar surface area (TPSA) is 258 Å². The lowest BCUT2D eigenvalue weighted by atomic mass is 9.97. The van der Waals surface area contributed by atoms with E-state index in [4.69, 9.17) is 28.1 Å². The fourth-order valence-electron chi connectivity index (χ4n) is 5.10. The Hall–Kier alpha value is -3.71. The van der Waals surface area contributed by atoms with Crippen molar-refractivity contribution in [3.05, 3.63) is 40.6 Å². The van der Waals surface area contributed by atoms with Gasteiger partial charge in [-0.1, -0.05) is 0 Å². The predicted molar refractivity (Wildman–Crippen MR) is 145 cm³/mol. The molecule has 0 amide bonds. The number of phenols is 3. The molecule has 3 heterocycles. The molecule has 240 valence electrons. The molecule has 5 rings (SSSR count). The maximum absolute atomic E-state index is 13.7. The highest BCUT2D eigenvalue weighted by molar-refractivity contribution is 5.88. The molecular weight excluding hydrogens is 592 g/mol. The van der Waals surface area contributed by atoms with Gasteiger partial charge in [-0.05, 0) is 25.1 Å². The molecule has 1 aromatic heterocycles. The summed E-state index contributed by atoms with van der Waals surface area (Å²) < 4.78 is 33.3. The molecule has 16 nitrogen and oxygen atoms in total. The van der Waals surface area contributed by atoms with Gasteiger partial charge in [0.1, 0.15) is 65.2 Å². The Morgan fingerprint density at radius 2 is 1.55 bits per heavy atom. The summed E-state index contributed by atoms with van der Waals surface area (Å²) in [5.74, 6) is -2.28. The molecule has 0 aliphatic carbocycles. The Morgan fingerprint density at radius 3 is 2.23 bits per heavy atom. The van der Waals surface area contributed by atoms with E-state index in [1.165, 1.54) is 32.2 Å². The summed E-state index contributed by atoms with van der Waals surface area (Å²) in [5.41, 5.74) is -1.11. The van der Waals surface area contributed by atoms with Crippen molar-refractivity contribution in [3.63, 3.8) is 0 Å². The fraction of sp³-hybridized carbons (Fsp3) is 0.464. The number of ether oxygens (including phenoxy) is 5. The van der Waals surface area contributed by atoms with Gasteiger partial charge >= 0.3 is 0 Å². The highest BCUT2D eigenvalue weighted by atomic mass is 16.7. The van der Waals surface area contributed by atoms with Crippen LogP contribution in [0.25, 0.3) is 22.3 Å². The third-order valence-electron chi connectivity index (χ3n) is 7.51. The van der Waals surface area contributed by atoms with Crippen molar-refractivity contribution in [3.8, 4) is 40.1 Å². The van der Waals surface area contributed by atoms with Crippen LogP contribution in [0.15, 0.2) is 39.5 Å². The second-order valence-electron chi connectivity index (χ2n) is 10.4. The summed E-state index contributed by atoms with van der Waals surface area (Å²) in [6.45, 7) is 0.577. The SMILES string of the molecule is COc1cc(-c2oc3cc(O)cc(O)c3c(=O)c2O[C@H]2O[C@@H](CO)[C@@H](O[C@@H]3O[C@H](C)[C@@H](O)[C@H](O)[C@@H]3O)[C@@H](O)[C@H]2O)ccc1O. The first-order valence-corrected chi connectivity index (χ1v) is 13.4. The second-order valence-corrected chi connectivity index (χ2v) is 10.4. The van der Waals surface area contributed by atoms with Crippen molar-refractivity contribution in [1.82, 2.24) is 0 Å². The van der Waals surface area contributed by atoms with Crippen LogP contribution in [0.1, 0.15) is 6.92 Å². The van der Waals surface area contributed by atoms with E-state index in [-0.39, 0.29) is 28.4 Å². The van der Waals surface area contributed by atoms with Gasteiger partial charge < -0.3 is 74.1 Å². The van der Waals surface area contributed by atoms with Crippen LogP contribution in [0.2, 0.25) is 0 Å². The summed E-state index contributed by atoms with van der Waals surface area (Å²) in [4.78, 5) is 13.7. The van der Waals surface area contributed by atoms with Crippen molar-refractivity contribution in [2.24, 2.45) is 0 Å². The number of methoxy groups -OCH3 is 1. The molecule has 0 unspecified atom stereocenters. The summed E-state index contributed by atoms with van der Waals surface area (Å²) in [6.07, 6.45) is -16.2. The Morgan fingerprint density at radius 1 is 0.841 bits per heavy atom. The van der Waals surface area contributed by atoms with Gasteiger partial charge in [0.15, 0.2) is 23.5 Å². The molecule has 0 bridgehead atoms. The lowest BCUT2D eigenvalue weighted by Crippen LogP contribution is -2.64. The molecule has 9 N–H and O–H groups in total. The zero-order valence-corrected chi connectivity index (χ0v) is 23.3. The van der Waals surface area contributed by atoms with Crippen LogP contribution in [0.5, 0.6) is 28.7 Å². The molecule has 3 aromatic rings. The zero-order valence-electron chi connectivity index (χ0n) is 23.3. The molecule has 2 aliphatic heterocycles. The molecule has 0 spiro atoms. The van der Waals surface area contributed by atoms with Gasteiger partial charge in [-0.25, -0.2) is 0 Å². The smallest absolute Gasteiger partial charge is 0.239 e. The lowest BCUT2D eigenvalue weighted by Gasteiger charge is -2.45. The van der Waals surface area contributed by atoms with Crippen molar-refractivity contribution < 1.29 is 74.1 Å². The number of hydrogen-bond donors (Lipinski definition) is 9. The average Bonchev–Trinajstić information content (AvgIpc) is 2.99. The van der Waals surface area contributed by atoms with Crippen molar-refractivity contribution in [2.45, 2.75) is 68.3 Å². The van der Waals surface area contributed by atoms with Crippen LogP contribution in [-0.4, -0.2) is 121 Å². The normalized spacial score (nSPS) is 32.5. The quantitative estimate of drug-likeness (QED) is 0.147. The van der Waals surface area contributed by atoms with Crippen LogP contribution in [0, 0.1) is 0 Å². The molecule has 0 radical (unpaired) electrons. The molecule has 2 aliphatic rings. The van der Waals surface area contributed by atoms with Gasteiger partial charge in [-0.15, -0.1) is 0 Å². The Bertz CT molecular complexity index is 1550. The number of hydrogen-bond acceptors (Lipinski definition) is 16. The maximum atomic E-state index is 13.7. The number of aliphatic hydroxyl groups excluding tert-OH is 6. The standard InChI is InChI=1S/C28H32O16/c1-9-18(33)20(35)22(37)27(40-9)43-25-16(8-29)42-28(23(38)21(25)36)44-26-19(34)17-13(32)6-11(30)7-15(17)41-24(26)10-3-4-12(31)14(5-10)39-2/h3-7,9,16,18,20-23,25,27-33,35-38H,8H2,1-2H3/t9-,16+,18-,20+,21+,22+,23-,25-,27+,28-/m1/s1. The summed E-state index contributed by atoms with van der Waals surface area (Å²) in [7, 11) is 1.28. The summed E-state index contributed by atoms with van der Waals surface area (Å²) >= 11 is 0. The first-order valence-electron chi connectivity index (χ1n) is 13.4. The van der Waals surface area contributed by atoms with Crippen LogP contribution in [-0.2, 0) is 14.2 Å². The maximum Gasteiger partial charge on any atom is 0.239 e. The molecule has 2 saturated heterocycles. The lowest BCUT2D eigenvalue weighted by molar-refractivity contribution is -0.349. The summed E-state index contributed by atoms with van der Waals surface area (Å²) in [6, 6.07) is 5.83. The van der Waals surface area contributed by atoms with Gasteiger partial charge in [0.05, 0.1) is 19.8 Å². The predicted octanol–water partition coefficient (Wildman–Crippen LogP) is -1.38. The largest absolute Gasteiger partial charge is 0.508 e. The Kier molecular flexibility index (Phi) is 8.90. The van der Waals surface area contributed by atoms with Crippen molar-refractivity contribution >= 4 is 11.0 Å². The highest BCUT2D eigenvalue weighted by Crippen LogP contribution is 2.40. The van der Waals surface area contributed by atoms with Crippen molar-refractivity contribution in [1.29, 1.82) is 0 Å². The number of aromatic hydroxyl groups is 3. The molecule has 44 heavy (non-hydrogen) atoms. The number of rotatable bonds is 7. The van der Waals surface area contributed by atoms with E-state index in [0.29, 0.717) is 0 Å². The van der Waals surface area contributed by atoms with Gasteiger partial charge in [-0.3, -0.25) is 4.79 Å². The molecule has 0 saturated carbocycles. The van der Waals surface area contributed by atoms with E-state index in [1.54, 1.807) is 0 Å². The number of fused-ring (bicyclic) bond motifs is 1. The highest BCUT2D eigenvalue weighted by Gasteiger charge is 2.51. The van der Waals surface area contributed by atoms with E-state index in [0.717, 1.165) is 12.1 Å². The molecule has 16 heteroatoms. The van der Waals surface area contributed by atoms with E-state index < -0.39 is 96.1 Å². The zero-order chi connectivity index (χ0) is 32.0. The number of phenolic OH excluding ortho intramolecular Hbond substituents is 3. The molecule has 2 fully saturated rings. The van der Waals surface area contributed by atoms with E-state index in [9.17, 15) is 50.8 Å². The van der Waals surface area contributed by atoms with Crippen LogP contribution >= 0.6 is 0 Å². The van der Waals surface area contributed by atoms with Gasteiger partial charge in [-0.2, -0.15) is 0 Å². The third kappa shape index (κ3) is 5.63. The third-order valence-corrected chi connectivity index (χ3v) is 7.51. The monoisotopic (exact) mass is 624 g/mol. The number of benzene rings is 2. The van der Waals surface area contributed by atoms with Gasteiger partial charge in [0, 0.05) is 17.7 Å². The summed E-state index contributed by atoms with van der Waals surface area (Å²) in [5, 5.41) is 92.4. The van der Waals surface area contributed by atoms with E-state index in [1.807, 2.05) is 0 Å². The minimum absolute atomic E-state index is 0.0151.